The number of thiazole rings is 1. The maximum atomic E-state index is 13.2. The number of furan rings is 1. The highest BCUT2D eigenvalue weighted by atomic mass is 32.1. The maximum Gasteiger partial charge on any atom is 0.289 e. The fourth-order valence-electron chi connectivity index (χ4n) is 4.03. The van der Waals surface area contributed by atoms with Crippen LogP contribution in [0.5, 0.6) is 11.5 Å². The number of aromatic nitrogens is 1. The molecule has 34 heavy (non-hydrogen) atoms. The molecule has 2 aromatic heterocycles. The van der Waals surface area contributed by atoms with Crippen molar-refractivity contribution in [2.24, 2.45) is 0 Å². The van der Waals surface area contributed by atoms with Gasteiger partial charge in [0.2, 0.25) is 0 Å². The van der Waals surface area contributed by atoms with Crippen LogP contribution in [0.3, 0.4) is 0 Å². The van der Waals surface area contributed by atoms with Crippen LogP contribution in [0.15, 0.2) is 46.4 Å². The third-order valence-electron chi connectivity index (χ3n) is 5.87. The molecular weight excluding hydrogens is 454 g/mol. The van der Waals surface area contributed by atoms with E-state index in [2.05, 4.69) is 9.88 Å². The van der Waals surface area contributed by atoms with Crippen molar-refractivity contribution in [1.82, 2.24) is 14.8 Å². The lowest BCUT2D eigenvalue weighted by Gasteiger charge is -2.30. The number of hydrogen-bond acceptors (Lipinski definition) is 8. The summed E-state index contributed by atoms with van der Waals surface area (Å²) in [5.41, 5.74) is 1.56. The van der Waals surface area contributed by atoms with Gasteiger partial charge in [-0.1, -0.05) is 12.5 Å². The Bertz CT molecular complexity index is 1050. The van der Waals surface area contributed by atoms with E-state index in [-0.39, 0.29) is 19.1 Å². The molecular formula is C25H31N3O5S. The Morgan fingerprint density at radius 3 is 2.79 bits per heavy atom. The number of aliphatic hydroxyl groups is 1. The molecule has 1 fully saturated rings. The van der Waals surface area contributed by atoms with Gasteiger partial charge in [-0.15, -0.1) is 11.3 Å². The van der Waals surface area contributed by atoms with Crippen LogP contribution in [0.4, 0.5) is 0 Å². The topological polar surface area (TPSA) is 88.3 Å². The first-order valence-corrected chi connectivity index (χ1v) is 12.4. The van der Waals surface area contributed by atoms with E-state index < -0.39 is 0 Å². The molecule has 1 N–H and O–H groups in total. The number of hydrogen-bond donors (Lipinski definition) is 1. The number of benzene rings is 1. The summed E-state index contributed by atoms with van der Waals surface area (Å²) in [7, 11) is 1.60. The smallest absolute Gasteiger partial charge is 0.289 e. The van der Waals surface area contributed by atoms with E-state index in [1.54, 1.807) is 19.2 Å². The van der Waals surface area contributed by atoms with E-state index in [9.17, 15) is 9.90 Å². The molecule has 1 amide bonds. The molecule has 1 aromatic carbocycles. The third kappa shape index (κ3) is 6.37. The van der Waals surface area contributed by atoms with Gasteiger partial charge in [0.1, 0.15) is 11.6 Å². The van der Waals surface area contributed by atoms with E-state index in [0.29, 0.717) is 36.0 Å². The zero-order valence-electron chi connectivity index (χ0n) is 19.4. The second-order valence-electron chi connectivity index (χ2n) is 8.27. The van der Waals surface area contributed by atoms with Crippen LogP contribution in [0.2, 0.25) is 0 Å². The average molecular weight is 486 g/mol. The first-order valence-electron chi connectivity index (χ1n) is 11.5. The zero-order valence-corrected chi connectivity index (χ0v) is 20.3. The molecule has 0 spiro atoms. The summed E-state index contributed by atoms with van der Waals surface area (Å²) in [5.74, 6) is 1.41. The standard InChI is InChI=1S/C25H31N3O5S/c1-31-21-8-7-19(14-23(21)33-17-24-26-20(16-29)18-34-24)15-28(25(30)22-6-5-13-32-22)12-11-27-9-3-2-4-10-27/h5-8,13-14,18,29H,2-4,9-12,15-17H2,1H3. The lowest BCUT2D eigenvalue weighted by molar-refractivity contribution is 0.0683. The summed E-state index contributed by atoms with van der Waals surface area (Å²) < 4.78 is 16.9. The minimum Gasteiger partial charge on any atom is -0.493 e. The van der Waals surface area contributed by atoms with Gasteiger partial charge in [-0.3, -0.25) is 4.79 Å². The van der Waals surface area contributed by atoms with Crippen molar-refractivity contribution < 1.29 is 23.8 Å². The van der Waals surface area contributed by atoms with Crippen LogP contribution < -0.4 is 9.47 Å². The number of ether oxygens (including phenoxy) is 2. The number of amides is 1. The van der Waals surface area contributed by atoms with E-state index >= 15 is 0 Å². The average Bonchev–Trinajstić information content (AvgIpc) is 3.58. The minimum absolute atomic E-state index is 0.0910. The summed E-state index contributed by atoms with van der Waals surface area (Å²) in [5, 5.41) is 11.8. The van der Waals surface area contributed by atoms with E-state index in [1.165, 1.54) is 36.9 Å². The Kier molecular flexibility index (Phi) is 8.56. The fourth-order valence-corrected chi connectivity index (χ4v) is 4.73. The quantitative estimate of drug-likeness (QED) is 0.440. The van der Waals surface area contributed by atoms with Crippen molar-refractivity contribution in [3.05, 3.63) is 64.0 Å². The molecule has 4 rings (SSSR count). The van der Waals surface area contributed by atoms with Crippen LogP contribution >= 0.6 is 11.3 Å². The second kappa shape index (κ2) is 12.0. The number of methoxy groups -OCH3 is 1. The third-order valence-corrected chi connectivity index (χ3v) is 6.74. The van der Waals surface area contributed by atoms with E-state index in [4.69, 9.17) is 13.9 Å². The monoisotopic (exact) mass is 485 g/mol. The highest BCUT2D eigenvalue weighted by Crippen LogP contribution is 2.30. The van der Waals surface area contributed by atoms with Crippen LogP contribution in [0.1, 0.15) is 46.1 Å². The van der Waals surface area contributed by atoms with Crippen LogP contribution in [0.25, 0.3) is 0 Å². The Hall–Kier alpha value is -2.88. The Labute approximate surface area is 203 Å². The minimum atomic E-state index is -0.125. The highest BCUT2D eigenvalue weighted by Gasteiger charge is 2.21. The van der Waals surface area contributed by atoms with Gasteiger partial charge >= 0.3 is 0 Å². The number of carbonyl (C=O) groups excluding carboxylic acids is 1. The Morgan fingerprint density at radius 2 is 2.09 bits per heavy atom. The van der Waals surface area contributed by atoms with E-state index in [1.807, 2.05) is 28.5 Å². The van der Waals surface area contributed by atoms with Gasteiger partial charge in [-0.05, 0) is 55.8 Å². The SMILES string of the molecule is COc1ccc(CN(CCN2CCCCC2)C(=O)c2ccco2)cc1OCc1nc(CO)cs1. The predicted molar refractivity (Wildman–Crippen MR) is 129 cm³/mol. The summed E-state index contributed by atoms with van der Waals surface area (Å²) in [4.78, 5) is 21.7. The van der Waals surface area contributed by atoms with E-state index in [0.717, 1.165) is 30.2 Å². The Morgan fingerprint density at radius 1 is 1.24 bits per heavy atom. The molecule has 0 radical (unpaired) electrons. The van der Waals surface area contributed by atoms with Crippen LogP contribution in [0, 0.1) is 0 Å². The molecule has 3 aromatic rings. The van der Waals surface area contributed by atoms with Gasteiger partial charge in [-0.2, -0.15) is 0 Å². The summed E-state index contributed by atoms with van der Waals surface area (Å²) in [6.07, 6.45) is 5.23. The van der Waals surface area contributed by atoms with Crippen molar-refractivity contribution in [2.45, 2.75) is 39.0 Å². The summed E-state index contributed by atoms with van der Waals surface area (Å²) in [6, 6.07) is 9.14. The maximum absolute atomic E-state index is 13.2. The first-order chi connectivity index (χ1) is 16.7. The van der Waals surface area contributed by atoms with Crippen molar-refractivity contribution >= 4 is 17.2 Å². The Balaban J connectivity index is 1.47. The molecule has 0 atom stereocenters. The van der Waals surface area contributed by atoms with Crippen molar-refractivity contribution in [3.63, 3.8) is 0 Å². The molecule has 8 nitrogen and oxygen atoms in total. The van der Waals surface area contributed by atoms with Gasteiger partial charge < -0.3 is 28.8 Å². The number of carbonyl (C=O) groups is 1. The van der Waals surface area contributed by atoms with Gasteiger partial charge in [0, 0.05) is 25.0 Å². The zero-order chi connectivity index (χ0) is 23.8. The van der Waals surface area contributed by atoms with Gasteiger partial charge in [0.25, 0.3) is 5.91 Å². The van der Waals surface area contributed by atoms with Gasteiger partial charge in [0.05, 0.1) is 25.7 Å². The fraction of sp³-hybridized carbons (Fsp3) is 0.440. The lowest BCUT2D eigenvalue weighted by Crippen LogP contribution is -2.40. The molecule has 1 aliphatic heterocycles. The first kappa shape index (κ1) is 24.3. The molecule has 182 valence electrons. The van der Waals surface area contributed by atoms with Gasteiger partial charge in [0.15, 0.2) is 17.3 Å². The van der Waals surface area contributed by atoms with Crippen molar-refractivity contribution in [1.29, 1.82) is 0 Å². The molecule has 9 heteroatoms. The molecule has 0 bridgehead atoms. The number of rotatable bonds is 11. The molecule has 1 aliphatic rings. The largest absolute Gasteiger partial charge is 0.493 e. The normalized spacial score (nSPS) is 14.2. The second-order valence-corrected chi connectivity index (χ2v) is 9.21. The number of piperidine rings is 1. The number of aliphatic hydroxyl groups excluding tert-OH is 1. The predicted octanol–water partition coefficient (Wildman–Crippen LogP) is 3.94. The molecule has 0 aliphatic carbocycles. The van der Waals surface area contributed by atoms with Crippen LogP contribution in [-0.4, -0.2) is 59.1 Å². The van der Waals surface area contributed by atoms with Crippen molar-refractivity contribution in [3.8, 4) is 11.5 Å². The summed E-state index contributed by atoms with van der Waals surface area (Å²) in [6.45, 7) is 4.23. The molecule has 3 heterocycles. The number of nitrogens with zero attached hydrogens (tertiary/aromatic N) is 3. The lowest BCUT2D eigenvalue weighted by atomic mass is 10.1. The molecule has 0 unspecified atom stereocenters. The molecule has 0 saturated carbocycles. The summed E-state index contributed by atoms with van der Waals surface area (Å²) >= 11 is 1.44. The molecule has 1 saturated heterocycles. The number of likely N-dealkylation sites (tertiary alicyclic amines) is 1. The van der Waals surface area contributed by atoms with Gasteiger partial charge in [-0.25, -0.2) is 4.98 Å². The van der Waals surface area contributed by atoms with Crippen LogP contribution in [-0.2, 0) is 19.8 Å². The highest BCUT2D eigenvalue weighted by molar-refractivity contribution is 7.09. The van der Waals surface area contributed by atoms with Crippen molar-refractivity contribution in [2.75, 3.05) is 33.3 Å².